The quantitative estimate of drug-likeness (QED) is 0.415. The molecule has 0 spiro atoms. The van der Waals surface area contributed by atoms with Crippen molar-refractivity contribution in [2.24, 2.45) is 0 Å². The molecule has 0 fully saturated rings. The fourth-order valence-corrected chi connectivity index (χ4v) is 3.62. The fraction of sp³-hybridized carbons (Fsp3) is 0.238. The minimum atomic E-state index is -1.20. The monoisotopic (exact) mass is 430 g/mol. The van der Waals surface area contributed by atoms with E-state index in [-0.39, 0.29) is 5.91 Å². The SMILES string of the molecule is COCCOCCOc1ccc2sc(C(=O)Nc3ccccc3NC(=O)O)cc2c1. The first kappa shape index (κ1) is 21.6. The van der Waals surface area contributed by atoms with E-state index < -0.39 is 6.09 Å². The van der Waals surface area contributed by atoms with Gasteiger partial charge in [0.1, 0.15) is 12.4 Å². The number of carbonyl (C=O) groups excluding carboxylic acids is 1. The number of para-hydroxylation sites is 2. The van der Waals surface area contributed by atoms with Gasteiger partial charge in [0.2, 0.25) is 0 Å². The summed E-state index contributed by atoms with van der Waals surface area (Å²) < 4.78 is 16.9. The first-order valence-electron chi connectivity index (χ1n) is 9.20. The molecular formula is C21H22N2O6S. The molecule has 2 aromatic carbocycles. The highest BCUT2D eigenvalue weighted by atomic mass is 32.1. The topological polar surface area (TPSA) is 106 Å². The zero-order valence-electron chi connectivity index (χ0n) is 16.3. The minimum absolute atomic E-state index is 0.308. The molecule has 3 aromatic rings. The van der Waals surface area contributed by atoms with Gasteiger partial charge < -0.3 is 24.6 Å². The van der Waals surface area contributed by atoms with Gasteiger partial charge >= 0.3 is 6.09 Å². The Bertz CT molecular complexity index is 1020. The fourth-order valence-electron chi connectivity index (χ4n) is 2.69. The Labute approximate surface area is 177 Å². The number of hydrogen-bond acceptors (Lipinski definition) is 6. The van der Waals surface area contributed by atoms with Crippen LogP contribution in [0, 0.1) is 0 Å². The zero-order valence-corrected chi connectivity index (χ0v) is 17.2. The van der Waals surface area contributed by atoms with Crippen molar-refractivity contribution in [3.63, 3.8) is 0 Å². The Morgan fingerprint density at radius 2 is 1.70 bits per heavy atom. The second-order valence-electron chi connectivity index (χ2n) is 6.19. The van der Waals surface area contributed by atoms with Crippen LogP contribution in [-0.4, -0.2) is 50.6 Å². The third-order valence-corrected chi connectivity index (χ3v) is 5.17. The summed E-state index contributed by atoms with van der Waals surface area (Å²) >= 11 is 1.35. The zero-order chi connectivity index (χ0) is 21.3. The number of fused-ring (bicyclic) bond motifs is 1. The van der Waals surface area contributed by atoms with E-state index in [2.05, 4.69) is 10.6 Å². The maximum Gasteiger partial charge on any atom is 0.409 e. The number of amides is 2. The third-order valence-electron chi connectivity index (χ3n) is 4.06. The Morgan fingerprint density at radius 3 is 2.43 bits per heavy atom. The van der Waals surface area contributed by atoms with E-state index in [1.807, 2.05) is 18.2 Å². The van der Waals surface area contributed by atoms with Crippen molar-refractivity contribution in [1.82, 2.24) is 0 Å². The van der Waals surface area contributed by atoms with Crippen LogP contribution in [0.4, 0.5) is 16.2 Å². The molecule has 0 atom stereocenters. The number of methoxy groups -OCH3 is 1. The van der Waals surface area contributed by atoms with E-state index in [0.717, 1.165) is 10.1 Å². The predicted octanol–water partition coefficient (Wildman–Crippen LogP) is 4.29. The number of rotatable bonds is 10. The van der Waals surface area contributed by atoms with Crippen LogP contribution in [0.1, 0.15) is 9.67 Å². The summed E-state index contributed by atoms with van der Waals surface area (Å²) in [5, 5.41) is 14.8. The van der Waals surface area contributed by atoms with Gasteiger partial charge in [0, 0.05) is 11.8 Å². The van der Waals surface area contributed by atoms with Crippen molar-refractivity contribution in [3.8, 4) is 5.75 Å². The van der Waals surface area contributed by atoms with Gasteiger partial charge in [-0.05, 0) is 41.8 Å². The van der Waals surface area contributed by atoms with Gasteiger partial charge in [-0.15, -0.1) is 11.3 Å². The Balaban J connectivity index is 1.64. The summed E-state index contributed by atoms with van der Waals surface area (Å²) in [6, 6.07) is 14.0. The van der Waals surface area contributed by atoms with E-state index in [9.17, 15) is 9.59 Å². The number of benzene rings is 2. The summed E-state index contributed by atoms with van der Waals surface area (Å²) in [4.78, 5) is 24.1. The molecule has 0 bridgehead atoms. The molecule has 0 unspecified atom stereocenters. The average Bonchev–Trinajstić information content (AvgIpc) is 3.15. The van der Waals surface area contributed by atoms with E-state index in [1.54, 1.807) is 37.4 Å². The van der Waals surface area contributed by atoms with Crippen molar-refractivity contribution < 1.29 is 28.9 Å². The van der Waals surface area contributed by atoms with Crippen LogP contribution in [0.15, 0.2) is 48.5 Å². The first-order valence-corrected chi connectivity index (χ1v) is 10.0. The number of carbonyl (C=O) groups is 2. The summed E-state index contributed by atoms with van der Waals surface area (Å²) in [5.41, 5.74) is 0.697. The standard InChI is InChI=1S/C21H22N2O6S/c1-27-8-9-28-10-11-29-15-6-7-18-14(12-15)13-19(30-18)20(24)22-16-4-2-3-5-17(16)23-21(25)26/h2-7,12-13,23H,8-11H2,1H3,(H,22,24)(H,25,26). The first-order chi connectivity index (χ1) is 14.6. The highest BCUT2D eigenvalue weighted by Gasteiger charge is 2.14. The normalized spacial score (nSPS) is 10.7. The molecule has 0 aliphatic rings. The smallest absolute Gasteiger partial charge is 0.409 e. The molecule has 0 aliphatic carbocycles. The van der Waals surface area contributed by atoms with Gasteiger partial charge in [-0.1, -0.05) is 12.1 Å². The van der Waals surface area contributed by atoms with Crippen LogP contribution in [0.2, 0.25) is 0 Å². The summed E-state index contributed by atoms with van der Waals surface area (Å²) in [7, 11) is 1.62. The molecule has 0 saturated carbocycles. The maximum atomic E-state index is 12.7. The van der Waals surface area contributed by atoms with Crippen molar-refractivity contribution >= 4 is 44.8 Å². The molecule has 8 nitrogen and oxygen atoms in total. The van der Waals surface area contributed by atoms with E-state index in [1.165, 1.54) is 11.3 Å². The number of thiophene rings is 1. The van der Waals surface area contributed by atoms with Gasteiger partial charge in [-0.25, -0.2) is 4.79 Å². The van der Waals surface area contributed by atoms with Crippen LogP contribution in [0.25, 0.3) is 10.1 Å². The van der Waals surface area contributed by atoms with Crippen LogP contribution < -0.4 is 15.4 Å². The van der Waals surface area contributed by atoms with Gasteiger partial charge in [0.05, 0.1) is 36.1 Å². The number of anilines is 2. The lowest BCUT2D eigenvalue weighted by atomic mass is 10.2. The maximum absolute atomic E-state index is 12.7. The molecule has 30 heavy (non-hydrogen) atoms. The van der Waals surface area contributed by atoms with Crippen molar-refractivity contribution in [2.45, 2.75) is 0 Å². The average molecular weight is 430 g/mol. The van der Waals surface area contributed by atoms with Crippen molar-refractivity contribution in [2.75, 3.05) is 44.2 Å². The molecule has 0 aliphatic heterocycles. The Kier molecular flexibility index (Phi) is 7.61. The van der Waals surface area contributed by atoms with Crippen LogP contribution >= 0.6 is 11.3 Å². The lowest BCUT2D eigenvalue weighted by molar-refractivity contribution is 0.0544. The molecule has 0 saturated heterocycles. The molecule has 1 aromatic heterocycles. The molecule has 3 N–H and O–H groups in total. The van der Waals surface area contributed by atoms with E-state index in [0.29, 0.717) is 48.4 Å². The second kappa shape index (κ2) is 10.6. The van der Waals surface area contributed by atoms with Gasteiger partial charge in [0.25, 0.3) is 5.91 Å². The number of ether oxygens (including phenoxy) is 3. The van der Waals surface area contributed by atoms with Crippen molar-refractivity contribution in [3.05, 3.63) is 53.4 Å². The van der Waals surface area contributed by atoms with Gasteiger partial charge in [0.15, 0.2) is 0 Å². The largest absolute Gasteiger partial charge is 0.491 e. The molecule has 158 valence electrons. The molecule has 1 heterocycles. The van der Waals surface area contributed by atoms with Crippen LogP contribution in [-0.2, 0) is 9.47 Å². The van der Waals surface area contributed by atoms with Crippen molar-refractivity contribution in [1.29, 1.82) is 0 Å². The second-order valence-corrected chi connectivity index (χ2v) is 7.28. The van der Waals surface area contributed by atoms with Gasteiger partial charge in [-0.3, -0.25) is 10.1 Å². The third kappa shape index (κ3) is 5.93. The number of hydrogen-bond donors (Lipinski definition) is 3. The number of nitrogens with one attached hydrogen (secondary N) is 2. The molecule has 2 amide bonds. The van der Waals surface area contributed by atoms with Crippen LogP contribution in [0.5, 0.6) is 5.75 Å². The van der Waals surface area contributed by atoms with Crippen LogP contribution in [0.3, 0.4) is 0 Å². The lowest BCUT2D eigenvalue weighted by Gasteiger charge is -2.09. The van der Waals surface area contributed by atoms with E-state index in [4.69, 9.17) is 19.3 Å². The highest BCUT2D eigenvalue weighted by molar-refractivity contribution is 7.20. The Hall–Kier alpha value is -3.14. The lowest BCUT2D eigenvalue weighted by Crippen LogP contribution is -2.14. The molecular weight excluding hydrogens is 408 g/mol. The predicted molar refractivity (Wildman–Crippen MR) is 116 cm³/mol. The summed E-state index contributed by atoms with van der Waals surface area (Å²) in [5.74, 6) is 0.378. The Morgan fingerprint density at radius 1 is 0.967 bits per heavy atom. The summed E-state index contributed by atoms with van der Waals surface area (Å²) in [6.45, 7) is 1.94. The minimum Gasteiger partial charge on any atom is -0.491 e. The molecule has 0 radical (unpaired) electrons. The number of carboxylic acid groups (broad SMARTS) is 1. The van der Waals surface area contributed by atoms with Gasteiger partial charge in [-0.2, -0.15) is 0 Å². The highest BCUT2D eigenvalue weighted by Crippen LogP contribution is 2.30. The summed E-state index contributed by atoms with van der Waals surface area (Å²) in [6.07, 6.45) is -1.20. The molecule has 9 heteroatoms. The molecule has 3 rings (SSSR count). The van der Waals surface area contributed by atoms with E-state index >= 15 is 0 Å².